The smallest absolute Gasteiger partial charge is 0.254 e. The largest absolute Gasteiger partial charge is 0.384 e. The van der Waals surface area contributed by atoms with E-state index in [1.54, 1.807) is 4.90 Å². The van der Waals surface area contributed by atoms with Crippen LogP contribution in [0, 0.1) is 0 Å². The van der Waals surface area contributed by atoms with Crippen molar-refractivity contribution in [1.29, 1.82) is 0 Å². The van der Waals surface area contributed by atoms with Crippen LogP contribution in [-0.4, -0.2) is 53.3 Å². The second-order valence-electron chi connectivity index (χ2n) is 8.59. The summed E-state index contributed by atoms with van der Waals surface area (Å²) in [6.45, 7) is 5.32. The van der Waals surface area contributed by atoms with E-state index in [1.807, 2.05) is 60.5 Å². The Morgan fingerprint density at radius 3 is 2.27 bits per heavy atom. The molecule has 156 valence electrons. The second kappa shape index (κ2) is 7.98. The molecule has 2 aromatic rings. The molecule has 5 heteroatoms. The molecule has 5 nitrogen and oxygen atoms in total. The predicted octanol–water partition coefficient (Wildman–Crippen LogP) is 2.78. The van der Waals surface area contributed by atoms with E-state index in [2.05, 4.69) is 31.3 Å². The molecule has 2 aliphatic heterocycles. The number of hydrogen-bond acceptors (Lipinski definition) is 3. The standard InChI is InChI=1S/C25H29N3O2/c1-25(2)23-22(24(30)27(25)3)20(16-18-10-6-4-7-11-18)28(15-14-26-23)21(29)17-19-12-8-5-9-13-19/h4-13,20,26H,14-17H2,1-3H3. The molecule has 2 aliphatic rings. The van der Waals surface area contributed by atoms with Crippen LogP contribution < -0.4 is 5.32 Å². The molecule has 1 atom stereocenters. The summed E-state index contributed by atoms with van der Waals surface area (Å²) in [7, 11) is 1.84. The van der Waals surface area contributed by atoms with Crippen LogP contribution >= 0.6 is 0 Å². The first-order chi connectivity index (χ1) is 14.4. The molecule has 0 fully saturated rings. The van der Waals surface area contributed by atoms with E-state index < -0.39 is 5.54 Å². The van der Waals surface area contributed by atoms with E-state index >= 15 is 0 Å². The molecule has 2 aromatic carbocycles. The minimum Gasteiger partial charge on any atom is -0.384 e. The molecule has 0 radical (unpaired) electrons. The number of rotatable bonds is 4. The lowest BCUT2D eigenvalue weighted by Crippen LogP contribution is -2.48. The number of carbonyl (C=O) groups excluding carboxylic acids is 2. The van der Waals surface area contributed by atoms with Crippen LogP contribution in [0.3, 0.4) is 0 Å². The van der Waals surface area contributed by atoms with Crippen LogP contribution in [0.15, 0.2) is 71.9 Å². The fourth-order valence-electron chi connectivity index (χ4n) is 4.49. The number of likely N-dealkylation sites (N-methyl/N-ethyl adjacent to an activating group) is 1. The fourth-order valence-corrected chi connectivity index (χ4v) is 4.49. The van der Waals surface area contributed by atoms with Gasteiger partial charge in [-0.3, -0.25) is 9.59 Å². The van der Waals surface area contributed by atoms with Crippen LogP contribution in [0.25, 0.3) is 0 Å². The second-order valence-corrected chi connectivity index (χ2v) is 8.59. The van der Waals surface area contributed by atoms with Gasteiger partial charge in [0.25, 0.3) is 5.91 Å². The average molecular weight is 404 g/mol. The molecular weight excluding hydrogens is 374 g/mol. The quantitative estimate of drug-likeness (QED) is 0.854. The van der Waals surface area contributed by atoms with Gasteiger partial charge in [-0.25, -0.2) is 0 Å². The van der Waals surface area contributed by atoms with Gasteiger partial charge >= 0.3 is 0 Å². The molecular formula is C25H29N3O2. The van der Waals surface area contributed by atoms with Crippen molar-refractivity contribution >= 4 is 11.8 Å². The van der Waals surface area contributed by atoms with E-state index in [1.165, 1.54) is 0 Å². The zero-order valence-electron chi connectivity index (χ0n) is 17.9. The Morgan fingerprint density at radius 1 is 1.03 bits per heavy atom. The highest BCUT2D eigenvalue weighted by Crippen LogP contribution is 2.37. The van der Waals surface area contributed by atoms with Gasteiger partial charge in [-0.1, -0.05) is 60.7 Å². The topological polar surface area (TPSA) is 52.7 Å². The molecule has 0 aromatic heterocycles. The van der Waals surface area contributed by atoms with E-state index in [0.29, 0.717) is 25.9 Å². The number of nitrogens with one attached hydrogen (secondary N) is 1. The van der Waals surface area contributed by atoms with Crippen LogP contribution in [0.1, 0.15) is 25.0 Å². The van der Waals surface area contributed by atoms with E-state index in [-0.39, 0.29) is 17.9 Å². The minimum atomic E-state index is -0.417. The number of carbonyl (C=O) groups is 2. The highest BCUT2D eigenvalue weighted by molar-refractivity contribution is 6.00. The number of hydrogen-bond donors (Lipinski definition) is 1. The maximum atomic E-state index is 13.4. The first kappa shape index (κ1) is 20.2. The third-order valence-corrected chi connectivity index (χ3v) is 6.41. The Hall–Kier alpha value is -3.08. The van der Waals surface area contributed by atoms with Crippen LogP contribution in [-0.2, 0) is 22.4 Å². The third-order valence-electron chi connectivity index (χ3n) is 6.41. The monoisotopic (exact) mass is 403 g/mol. The molecule has 1 N–H and O–H groups in total. The van der Waals surface area contributed by atoms with Gasteiger partial charge in [-0.15, -0.1) is 0 Å². The van der Waals surface area contributed by atoms with Crippen LogP contribution in [0.4, 0.5) is 0 Å². The van der Waals surface area contributed by atoms with Crippen LogP contribution in [0.2, 0.25) is 0 Å². The van der Waals surface area contributed by atoms with E-state index in [4.69, 9.17) is 0 Å². The van der Waals surface area contributed by atoms with Crippen molar-refractivity contribution in [1.82, 2.24) is 15.1 Å². The van der Waals surface area contributed by atoms with Crippen molar-refractivity contribution in [3.63, 3.8) is 0 Å². The van der Waals surface area contributed by atoms with Gasteiger partial charge in [-0.05, 0) is 31.4 Å². The summed E-state index contributed by atoms with van der Waals surface area (Å²) in [6, 6.07) is 19.6. The average Bonchev–Trinajstić information content (AvgIpc) is 2.88. The van der Waals surface area contributed by atoms with Gasteiger partial charge in [0.15, 0.2) is 0 Å². The van der Waals surface area contributed by atoms with Gasteiger partial charge in [0.05, 0.1) is 23.6 Å². The van der Waals surface area contributed by atoms with Crippen molar-refractivity contribution in [3.05, 3.63) is 83.1 Å². The summed E-state index contributed by atoms with van der Waals surface area (Å²) in [5, 5.41) is 3.48. The predicted molar refractivity (Wildman–Crippen MR) is 118 cm³/mol. The molecule has 0 saturated carbocycles. The maximum Gasteiger partial charge on any atom is 0.254 e. The van der Waals surface area contributed by atoms with Crippen molar-refractivity contribution in [3.8, 4) is 0 Å². The third kappa shape index (κ3) is 3.60. The summed E-state index contributed by atoms with van der Waals surface area (Å²) in [5.41, 5.74) is 3.37. The highest BCUT2D eigenvalue weighted by atomic mass is 16.2. The molecule has 2 amide bonds. The first-order valence-corrected chi connectivity index (χ1v) is 10.5. The number of nitrogens with zero attached hydrogens (tertiary/aromatic N) is 2. The molecule has 0 aliphatic carbocycles. The summed E-state index contributed by atoms with van der Waals surface area (Å²) >= 11 is 0. The van der Waals surface area contributed by atoms with Crippen molar-refractivity contribution < 1.29 is 9.59 Å². The lowest BCUT2D eigenvalue weighted by molar-refractivity contribution is -0.133. The number of benzene rings is 2. The van der Waals surface area contributed by atoms with Crippen LogP contribution in [0.5, 0.6) is 0 Å². The van der Waals surface area contributed by atoms with Crippen molar-refractivity contribution in [2.45, 2.75) is 38.3 Å². The lowest BCUT2D eigenvalue weighted by atomic mass is 9.93. The van der Waals surface area contributed by atoms with Gasteiger partial charge < -0.3 is 15.1 Å². The van der Waals surface area contributed by atoms with Gasteiger partial charge in [0.2, 0.25) is 5.91 Å². The Morgan fingerprint density at radius 2 is 1.63 bits per heavy atom. The molecule has 30 heavy (non-hydrogen) atoms. The zero-order valence-corrected chi connectivity index (χ0v) is 17.9. The summed E-state index contributed by atoms with van der Waals surface area (Å²) in [5.74, 6) is 0.0562. The summed E-state index contributed by atoms with van der Waals surface area (Å²) < 4.78 is 0. The minimum absolute atomic E-state index is 0.00263. The Bertz CT molecular complexity index is 966. The molecule has 0 spiro atoms. The van der Waals surface area contributed by atoms with Crippen molar-refractivity contribution in [2.24, 2.45) is 0 Å². The molecule has 0 saturated heterocycles. The lowest BCUT2D eigenvalue weighted by Gasteiger charge is -2.33. The van der Waals surface area contributed by atoms with E-state index in [9.17, 15) is 9.59 Å². The molecule has 1 unspecified atom stereocenters. The molecule has 0 bridgehead atoms. The Balaban J connectivity index is 1.73. The van der Waals surface area contributed by atoms with Gasteiger partial charge in [0, 0.05) is 25.8 Å². The Kier molecular flexibility index (Phi) is 5.37. The van der Waals surface area contributed by atoms with E-state index in [0.717, 1.165) is 22.4 Å². The first-order valence-electron chi connectivity index (χ1n) is 10.5. The summed E-state index contributed by atoms with van der Waals surface area (Å²) in [4.78, 5) is 30.4. The summed E-state index contributed by atoms with van der Waals surface area (Å²) in [6.07, 6.45) is 0.958. The zero-order chi connectivity index (χ0) is 21.3. The highest BCUT2D eigenvalue weighted by Gasteiger charge is 2.48. The molecule has 4 rings (SSSR count). The SMILES string of the molecule is CN1C(=O)C2=C(NCCN(C(=O)Cc3ccccc3)C2Cc2ccccc2)C1(C)C. The van der Waals surface area contributed by atoms with Gasteiger partial charge in [0.1, 0.15) is 0 Å². The maximum absolute atomic E-state index is 13.4. The molecule has 2 heterocycles. The van der Waals surface area contributed by atoms with Crippen molar-refractivity contribution in [2.75, 3.05) is 20.1 Å². The fraction of sp³-hybridized carbons (Fsp3) is 0.360. The van der Waals surface area contributed by atoms with Gasteiger partial charge in [-0.2, -0.15) is 0 Å². The normalized spacial score (nSPS) is 20.6. The number of amides is 2. The Labute approximate surface area is 178 Å².